The monoisotopic (exact) mass is 318 g/mol. The Kier molecular flexibility index (Phi) is 5.04. The first kappa shape index (κ1) is 15.7. The Morgan fingerprint density at radius 1 is 1.50 bits per heavy atom. The highest BCUT2D eigenvalue weighted by atomic mass is 35.5. The molecule has 1 unspecified atom stereocenters. The lowest BCUT2D eigenvalue weighted by molar-refractivity contribution is 0.0393. The van der Waals surface area contributed by atoms with Crippen molar-refractivity contribution in [3.05, 3.63) is 28.8 Å². The second kappa shape index (κ2) is 6.41. The lowest BCUT2D eigenvalue weighted by Crippen LogP contribution is -2.46. The quantitative estimate of drug-likeness (QED) is 0.913. The lowest BCUT2D eigenvalue weighted by atomic mass is 10.2. The van der Waals surface area contributed by atoms with Gasteiger partial charge in [-0.25, -0.2) is 8.42 Å². The summed E-state index contributed by atoms with van der Waals surface area (Å²) in [5.74, 6) is 0. The molecule has 1 atom stereocenters. The van der Waals surface area contributed by atoms with Crippen molar-refractivity contribution in [2.24, 2.45) is 0 Å². The summed E-state index contributed by atoms with van der Waals surface area (Å²) in [5.41, 5.74) is 0.774. The fourth-order valence-electron chi connectivity index (χ4n) is 2.24. The summed E-state index contributed by atoms with van der Waals surface area (Å²) < 4.78 is 32.1. The van der Waals surface area contributed by atoms with Gasteiger partial charge in [0, 0.05) is 24.2 Å². The Morgan fingerprint density at radius 3 is 2.90 bits per heavy atom. The summed E-state index contributed by atoms with van der Waals surface area (Å²) >= 11 is 6.07. The van der Waals surface area contributed by atoms with Crippen molar-refractivity contribution in [1.29, 1.82) is 0 Å². The molecule has 1 N–H and O–H groups in total. The number of benzene rings is 1. The van der Waals surface area contributed by atoms with Crippen LogP contribution in [0.3, 0.4) is 0 Å². The van der Waals surface area contributed by atoms with Gasteiger partial charge >= 0.3 is 0 Å². The number of sulfonamides is 1. The number of nitrogens with one attached hydrogen (secondary N) is 1. The fourth-order valence-corrected chi connectivity index (χ4v) is 4.08. The van der Waals surface area contributed by atoms with Crippen LogP contribution in [0.4, 0.5) is 0 Å². The van der Waals surface area contributed by atoms with Crippen molar-refractivity contribution in [2.45, 2.75) is 24.4 Å². The fraction of sp³-hybridized carbons (Fsp3) is 0.538. The number of halogens is 1. The molecule has 20 heavy (non-hydrogen) atoms. The second-order valence-electron chi connectivity index (χ2n) is 4.82. The molecule has 7 heteroatoms. The molecule has 1 aliphatic rings. The summed E-state index contributed by atoms with van der Waals surface area (Å²) in [5, 5.41) is 3.54. The molecule has 0 saturated carbocycles. The van der Waals surface area contributed by atoms with Crippen LogP contribution in [-0.2, 0) is 21.3 Å². The van der Waals surface area contributed by atoms with Crippen LogP contribution in [0, 0.1) is 0 Å². The molecule has 0 amide bonds. The average Bonchev–Trinajstić information content (AvgIpc) is 2.41. The molecule has 0 radical (unpaired) electrons. The van der Waals surface area contributed by atoms with Gasteiger partial charge in [0.1, 0.15) is 0 Å². The molecule has 1 aromatic rings. The van der Waals surface area contributed by atoms with Crippen molar-refractivity contribution in [3.63, 3.8) is 0 Å². The second-order valence-corrected chi connectivity index (χ2v) is 7.12. The van der Waals surface area contributed by atoms with Gasteiger partial charge in [-0.2, -0.15) is 4.31 Å². The van der Waals surface area contributed by atoms with Crippen molar-refractivity contribution in [2.75, 3.05) is 26.8 Å². The van der Waals surface area contributed by atoms with Crippen LogP contribution in [0.5, 0.6) is 0 Å². The van der Waals surface area contributed by atoms with Gasteiger partial charge in [-0.3, -0.25) is 0 Å². The number of morpholine rings is 1. The molecule has 112 valence electrons. The minimum Gasteiger partial charge on any atom is -0.378 e. The molecule has 5 nitrogen and oxygen atoms in total. The summed E-state index contributed by atoms with van der Waals surface area (Å²) in [6.45, 7) is 3.62. The van der Waals surface area contributed by atoms with Gasteiger partial charge in [0.2, 0.25) is 10.0 Å². The van der Waals surface area contributed by atoms with Gasteiger partial charge < -0.3 is 10.1 Å². The Bertz CT molecular complexity index is 577. The van der Waals surface area contributed by atoms with E-state index in [2.05, 4.69) is 5.32 Å². The molecular weight excluding hydrogens is 300 g/mol. The third kappa shape index (κ3) is 3.15. The van der Waals surface area contributed by atoms with Crippen molar-refractivity contribution >= 4 is 21.6 Å². The molecule has 0 aromatic heterocycles. The van der Waals surface area contributed by atoms with Gasteiger partial charge in [0.15, 0.2) is 0 Å². The van der Waals surface area contributed by atoms with Crippen LogP contribution in [0.25, 0.3) is 0 Å². The van der Waals surface area contributed by atoms with E-state index in [0.717, 1.165) is 5.56 Å². The highest BCUT2D eigenvalue weighted by molar-refractivity contribution is 7.89. The first-order valence-electron chi connectivity index (χ1n) is 6.49. The summed E-state index contributed by atoms with van der Waals surface area (Å²) in [4.78, 5) is 0.279. The van der Waals surface area contributed by atoms with Gasteiger partial charge in [0.25, 0.3) is 0 Å². The molecule has 1 aromatic carbocycles. The lowest BCUT2D eigenvalue weighted by Gasteiger charge is -2.32. The number of hydrogen-bond acceptors (Lipinski definition) is 4. The maximum absolute atomic E-state index is 12.7. The third-order valence-corrected chi connectivity index (χ3v) is 5.68. The van der Waals surface area contributed by atoms with Crippen LogP contribution in [0.1, 0.15) is 12.5 Å². The predicted molar refractivity (Wildman–Crippen MR) is 78.4 cm³/mol. The molecule has 0 aliphatic carbocycles. The molecule has 0 spiro atoms. The molecular formula is C13H19ClN2O3S. The van der Waals surface area contributed by atoms with Crippen molar-refractivity contribution in [3.8, 4) is 0 Å². The van der Waals surface area contributed by atoms with Crippen molar-refractivity contribution in [1.82, 2.24) is 9.62 Å². The Labute approximate surface area is 124 Å². The van der Waals surface area contributed by atoms with Crippen LogP contribution in [-0.4, -0.2) is 45.6 Å². The molecule has 2 rings (SSSR count). The standard InChI is InChI=1S/C13H19ClN2O3S/c1-10-9-19-6-5-16(10)20(17,18)12-3-4-13(14)11(7-12)8-15-2/h3-4,7,10,15H,5-6,8-9H2,1-2H3. The number of ether oxygens (including phenoxy) is 1. The minimum absolute atomic E-state index is 0.155. The van der Waals surface area contributed by atoms with E-state index in [1.165, 1.54) is 4.31 Å². The van der Waals surface area contributed by atoms with Crippen molar-refractivity contribution < 1.29 is 13.2 Å². The topological polar surface area (TPSA) is 58.6 Å². The number of hydrogen-bond donors (Lipinski definition) is 1. The van der Waals surface area contributed by atoms with E-state index >= 15 is 0 Å². The van der Waals surface area contributed by atoms with E-state index in [4.69, 9.17) is 16.3 Å². The van der Waals surface area contributed by atoms with E-state index < -0.39 is 10.0 Å². The molecule has 1 fully saturated rings. The smallest absolute Gasteiger partial charge is 0.243 e. The first-order valence-corrected chi connectivity index (χ1v) is 8.31. The zero-order valence-corrected chi connectivity index (χ0v) is 13.2. The zero-order valence-electron chi connectivity index (χ0n) is 11.6. The van der Waals surface area contributed by atoms with Crippen LogP contribution < -0.4 is 5.32 Å². The van der Waals surface area contributed by atoms with Gasteiger partial charge in [-0.1, -0.05) is 11.6 Å². The predicted octanol–water partition coefficient (Wildman–Crippen LogP) is 1.47. The van der Waals surface area contributed by atoms with Crippen LogP contribution >= 0.6 is 11.6 Å². The number of nitrogens with zero attached hydrogens (tertiary/aromatic N) is 1. The van der Waals surface area contributed by atoms with Crippen LogP contribution in [0.2, 0.25) is 5.02 Å². The maximum Gasteiger partial charge on any atom is 0.243 e. The third-order valence-electron chi connectivity index (χ3n) is 3.30. The number of rotatable bonds is 4. The SMILES string of the molecule is CNCc1cc(S(=O)(=O)N2CCOCC2C)ccc1Cl. The van der Waals surface area contributed by atoms with Gasteiger partial charge in [0.05, 0.1) is 18.1 Å². The van der Waals surface area contributed by atoms with Gasteiger partial charge in [-0.05, 0) is 37.7 Å². The molecule has 1 aliphatic heterocycles. The van der Waals surface area contributed by atoms with E-state index in [1.807, 2.05) is 6.92 Å². The zero-order chi connectivity index (χ0) is 14.8. The van der Waals surface area contributed by atoms with Crippen LogP contribution in [0.15, 0.2) is 23.1 Å². The maximum atomic E-state index is 12.7. The average molecular weight is 319 g/mol. The molecule has 1 heterocycles. The largest absolute Gasteiger partial charge is 0.378 e. The first-order chi connectivity index (χ1) is 9.46. The molecule has 1 saturated heterocycles. The van der Waals surface area contributed by atoms with E-state index in [1.54, 1.807) is 25.2 Å². The Morgan fingerprint density at radius 2 is 2.25 bits per heavy atom. The highest BCUT2D eigenvalue weighted by Gasteiger charge is 2.31. The van der Waals surface area contributed by atoms with E-state index in [0.29, 0.717) is 31.3 Å². The van der Waals surface area contributed by atoms with Gasteiger partial charge in [-0.15, -0.1) is 0 Å². The Hall–Kier alpha value is -0.660. The normalized spacial score (nSPS) is 21.1. The summed E-state index contributed by atoms with van der Waals surface area (Å²) in [7, 11) is -1.71. The Balaban J connectivity index is 2.36. The summed E-state index contributed by atoms with van der Waals surface area (Å²) in [6, 6.07) is 4.67. The molecule has 0 bridgehead atoms. The van der Waals surface area contributed by atoms with E-state index in [-0.39, 0.29) is 10.9 Å². The van der Waals surface area contributed by atoms with E-state index in [9.17, 15) is 8.42 Å². The summed E-state index contributed by atoms with van der Waals surface area (Å²) in [6.07, 6.45) is 0. The minimum atomic E-state index is -3.50. The highest BCUT2D eigenvalue weighted by Crippen LogP contribution is 2.25.